The summed E-state index contributed by atoms with van der Waals surface area (Å²) in [4.78, 5) is 55.3. The molecule has 1 fully saturated rings. The molecule has 280 valence electrons. The third-order valence-electron chi connectivity index (χ3n) is 8.66. The van der Waals surface area contributed by atoms with E-state index in [2.05, 4.69) is 16.0 Å². The Hall–Kier alpha value is -4.96. The lowest BCUT2D eigenvalue weighted by Gasteiger charge is -2.31. The van der Waals surface area contributed by atoms with E-state index in [0.29, 0.717) is 16.9 Å². The van der Waals surface area contributed by atoms with Gasteiger partial charge in [0.05, 0.1) is 30.3 Å². The molecule has 4 aromatic rings. The molecule has 5 rings (SSSR count). The average Bonchev–Trinajstić information content (AvgIpc) is 3.65. The van der Waals surface area contributed by atoms with Gasteiger partial charge in [0.25, 0.3) is 11.8 Å². The van der Waals surface area contributed by atoms with E-state index in [0.717, 1.165) is 17.0 Å². The first-order valence-electron chi connectivity index (χ1n) is 16.9. The highest BCUT2D eigenvalue weighted by Gasteiger charge is 2.41. The molecule has 0 saturated carbocycles. The summed E-state index contributed by atoms with van der Waals surface area (Å²) in [5.74, 6) is -3.09. The SMILES string of the molecule is CS(=O)(=O)C[C@H](NC(=O)COc1cccc2ccccc12)C(=O)N[C@@H](Cc1ccccc1)[C@H](O)C(=O)N1CSC[C@H]1C(=O)NC(CO)c1ccccc1. The lowest BCUT2D eigenvalue weighted by atomic mass is 9.99. The van der Waals surface area contributed by atoms with E-state index in [-0.39, 0.29) is 24.7 Å². The third-order valence-corrected chi connectivity index (χ3v) is 10.6. The first-order chi connectivity index (χ1) is 25.4. The van der Waals surface area contributed by atoms with Crippen LogP contribution >= 0.6 is 11.8 Å². The van der Waals surface area contributed by atoms with Crippen LogP contribution in [0.15, 0.2) is 103 Å². The summed E-state index contributed by atoms with van der Waals surface area (Å²) in [6, 6.07) is 25.7. The molecule has 5 N–H and O–H groups in total. The van der Waals surface area contributed by atoms with Gasteiger partial charge in [-0.15, -0.1) is 11.8 Å². The number of hydrogen-bond donors (Lipinski definition) is 5. The van der Waals surface area contributed by atoms with Crippen LogP contribution in [0.3, 0.4) is 0 Å². The van der Waals surface area contributed by atoms with E-state index < -0.39 is 76.1 Å². The molecule has 0 spiro atoms. The molecule has 0 aliphatic carbocycles. The summed E-state index contributed by atoms with van der Waals surface area (Å²) >= 11 is 1.30. The molecule has 1 saturated heterocycles. The maximum atomic E-state index is 13.9. The highest BCUT2D eigenvalue weighted by atomic mass is 32.2. The second-order valence-corrected chi connectivity index (χ2v) is 15.9. The zero-order valence-electron chi connectivity index (χ0n) is 29.0. The van der Waals surface area contributed by atoms with E-state index in [1.54, 1.807) is 72.8 Å². The number of aliphatic hydroxyl groups is 2. The highest BCUT2D eigenvalue weighted by molar-refractivity contribution is 7.99. The number of amides is 4. The van der Waals surface area contributed by atoms with Gasteiger partial charge in [-0.1, -0.05) is 97.1 Å². The number of thioether (sulfide) groups is 1. The summed E-state index contributed by atoms with van der Waals surface area (Å²) in [7, 11) is -3.82. The van der Waals surface area contributed by atoms with Crippen molar-refractivity contribution < 1.29 is 42.5 Å². The molecule has 13 nitrogen and oxygen atoms in total. The molecule has 4 amide bonds. The lowest BCUT2D eigenvalue weighted by Crippen LogP contribution is -2.59. The monoisotopic (exact) mass is 762 g/mol. The molecule has 1 heterocycles. The summed E-state index contributed by atoms with van der Waals surface area (Å²) in [5, 5.41) is 31.0. The molecule has 1 unspecified atom stereocenters. The van der Waals surface area contributed by atoms with Crippen LogP contribution in [-0.2, 0) is 35.4 Å². The first kappa shape index (κ1) is 39.3. The molecular weight excluding hydrogens is 721 g/mol. The zero-order chi connectivity index (χ0) is 38.0. The number of benzene rings is 4. The molecule has 0 radical (unpaired) electrons. The summed E-state index contributed by atoms with van der Waals surface area (Å²) in [6.07, 6.45) is -0.983. The Bertz CT molecular complexity index is 2000. The Morgan fingerprint density at radius 1 is 0.887 bits per heavy atom. The van der Waals surface area contributed by atoms with Crippen molar-refractivity contribution in [3.8, 4) is 5.75 Å². The predicted molar refractivity (Wildman–Crippen MR) is 202 cm³/mol. The van der Waals surface area contributed by atoms with Gasteiger partial charge in [0.1, 0.15) is 27.7 Å². The Labute approximate surface area is 312 Å². The standard InChI is InChI=1S/C38H42N4O9S2/c1-53(49,50)23-31(39-34(44)21-51-33-18-10-16-26-13-8-9-17-28(26)33)36(46)40-29(19-25-11-4-2-5-12-25)35(45)38(48)42-24-52-22-32(42)37(47)41-30(20-43)27-14-6-3-7-15-27/h2-18,29-32,35,43,45H,19-24H2,1H3,(H,39,44)(H,40,46)(H,41,47)/t29-,30?,31-,32-,35-/m0/s1. The van der Waals surface area contributed by atoms with Gasteiger partial charge in [-0.05, 0) is 29.0 Å². The van der Waals surface area contributed by atoms with Crippen molar-refractivity contribution in [1.82, 2.24) is 20.9 Å². The largest absolute Gasteiger partial charge is 0.483 e. The van der Waals surface area contributed by atoms with Gasteiger partial charge in [-0.3, -0.25) is 19.2 Å². The Morgan fingerprint density at radius 3 is 2.25 bits per heavy atom. The molecule has 0 aromatic heterocycles. The van der Waals surface area contributed by atoms with Gasteiger partial charge in [-0.25, -0.2) is 8.42 Å². The molecule has 1 aliphatic heterocycles. The van der Waals surface area contributed by atoms with Gasteiger partial charge >= 0.3 is 0 Å². The fourth-order valence-electron chi connectivity index (χ4n) is 5.99. The minimum Gasteiger partial charge on any atom is -0.483 e. The van der Waals surface area contributed by atoms with E-state index in [9.17, 15) is 37.8 Å². The minimum absolute atomic E-state index is 0.0400. The number of nitrogens with zero attached hydrogens (tertiary/aromatic N) is 1. The molecule has 15 heteroatoms. The summed E-state index contributed by atoms with van der Waals surface area (Å²) < 4.78 is 30.5. The van der Waals surface area contributed by atoms with Crippen LogP contribution in [0.5, 0.6) is 5.75 Å². The van der Waals surface area contributed by atoms with Crippen LogP contribution < -0.4 is 20.7 Å². The van der Waals surface area contributed by atoms with Crippen molar-refractivity contribution in [2.24, 2.45) is 0 Å². The smallest absolute Gasteiger partial charge is 0.258 e. The van der Waals surface area contributed by atoms with E-state index in [4.69, 9.17) is 4.74 Å². The highest BCUT2D eigenvalue weighted by Crippen LogP contribution is 2.26. The van der Waals surface area contributed by atoms with E-state index in [1.807, 2.05) is 30.3 Å². The van der Waals surface area contributed by atoms with Crippen LogP contribution in [0.25, 0.3) is 10.8 Å². The molecule has 1 aliphatic rings. The minimum atomic E-state index is -3.82. The fourth-order valence-corrected chi connectivity index (χ4v) is 7.99. The van der Waals surface area contributed by atoms with Gasteiger partial charge in [-0.2, -0.15) is 0 Å². The maximum absolute atomic E-state index is 13.9. The van der Waals surface area contributed by atoms with Gasteiger partial charge in [0, 0.05) is 17.4 Å². The van der Waals surface area contributed by atoms with Crippen molar-refractivity contribution >= 4 is 56.0 Å². The normalized spacial score (nSPS) is 16.6. The number of carbonyl (C=O) groups excluding carboxylic acids is 4. The summed E-state index contributed by atoms with van der Waals surface area (Å²) in [6.45, 7) is -0.897. The van der Waals surface area contributed by atoms with Crippen LogP contribution in [-0.4, -0.2) is 108 Å². The second kappa shape index (κ2) is 18.2. The molecule has 0 bridgehead atoms. The number of rotatable bonds is 16. The zero-order valence-corrected chi connectivity index (χ0v) is 30.6. The number of hydrogen-bond acceptors (Lipinski definition) is 10. The van der Waals surface area contributed by atoms with Gasteiger partial charge < -0.3 is 35.8 Å². The molecule has 5 atom stereocenters. The maximum Gasteiger partial charge on any atom is 0.258 e. The number of ether oxygens (including phenoxy) is 1. The van der Waals surface area contributed by atoms with Crippen LogP contribution in [0.4, 0.5) is 0 Å². The first-order valence-corrected chi connectivity index (χ1v) is 20.1. The number of sulfone groups is 1. The van der Waals surface area contributed by atoms with Crippen molar-refractivity contribution in [2.45, 2.75) is 36.7 Å². The van der Waals surface area contributed by atoms with Crippen molar-refractivity contribution in [3.63, 3.8) is 0 Å². The van der Waals surface area contributed by atoms with Crippen molar-refractivity contribution in [3.05, 3.63) is 114 Å². The molecular formula is C38H42N4O9S2. The van der Waals surface area contributed by atoms with Gasteiger partial charge in [0.15, 0.2) is 12.7 Å². The third kappa shape index (κ3) is 10.8. The second-order valence-electron chi connectivity index (χ2n) is 12.7. The predicted octanol–water partition coefficient (Wildman–Crippen LogP) is 1.59. The number of nitrogens with one attached hydrogen (secondary N) is 3. The summed E-state index contributed by atoms with van der Waals surface area (Å²) in [5.41, 5.74) is 1.32. The van der Waals surface area contributed by atoms with Crippen LogP contribution in [0.1, 0.15) is 17.2 Å². The Kier molecular flexibility index (Phi) is 13.5. The number of aliphatic hydroxyl groups excluding tert-OH is 2. The molecule has 4 aromatic carbocycles. The topological polar surface area (TPSA) is 191 Å². The number of fused-ring (bicyclic) bond motifs is 1. The Morgan fingerprint density at radius 2 is 1.55 bits per heavy atom. The average molecular weight is 763 g/mol. The quantitative estimate of drug-likeness (QED) is 0.112. The lowest BCUT2D eigenvalue weighted by molar-refractivity contribution is -0.147. The fraction of sp³-hybridized carbons (Fsp3) is 0.316. The van der Waals surface area contributed by atoms with Crippen LogP contribution in [0, 0.1) is 0 Å². The Balaban J connectivity index is 1.31. The number of carbonyl (C=O) groups is 4. The van der Waals surface area contributed by atoms with E-state index >= 15 is 0 Å². The molecule has 53 heavy (non-hydrogen) atoms. The van der Waals surface area contributed by atoms with Crippen LogP contribution in [0.2, 0.25) is 0 Å². The van der Waals surface area contributed by atoms with Gasteiger partial charge in [0.2, 0.25) is 11.8 Å². The van der Waals surface area contributed by atoms with Crippen molar-refractivity contribution in [1.29, 1.82) is 0 Å². The van der Waals surface area contributed by atoms with E-state index in [1.165, 1.54) is 16.7 Å². The van der Waals surface area contributed by atoms with Crippen molar-refractivity contribution in [2.75, 3.05) is 36.9 Å².